The molecule has 0 saturated heterocycles. The van der Waals surface area contributed by atoms with Crippen LogP contribution in [0.1, 0.15) is 58.3 Å². The van der Waals surface area contributed by atoms with E-state index >= 15 is 0 Å². The van der Waals surface area contributed by atoms with Gasteiger partial charge in [-0.05, 0) is 74.0 Å². The van der Waals surface area contributed by atoms with E-state index < -0.39 is 5.97 Å². The standard InChI is InChI=1S/C16H26O3/c1-16-7-6-11-8-10(9-15(18)19)2-3-12(11)13(16)4-5-14(16)17/h10-14,17H,2-9H2,1H3,(H,18,19)/t10-,11-,12-,13+,14+,16+/m1/s1. The van der Waals surface area contributed by atoms with Crippen LogP contribution in [-0.4, -0.2) is 22.3 Å². The van der Waals surface area contributed by atoms with Crippen molar-refractivity contribution in [1.29, 1.82) is 0 Å². The summed E-state index contributed by atoms with van der Waals surface area (Å²) in [5, 5.41) is 19.2. The van der Waals surface area contributed by atoms with Crippen molar-refractivity contribution in [3.63, 3.8) is 0 Å². The molecule has 0 aliphatic heterocycles. The van der Waals surface area contributed by atoms with E-state index in [1.54, 1.807) is 0 Å². The number of hydrogen-bond acceptors (Lipinski definition) is 2. The summed E-state index contributed by atoms with van der Waals surface area (Å²) in [7, 11) is 0. The summed E-state index contributed by atoms with van der Waals surface area (Å²) in [6, 6.07) is 0. The van der Waals surface area contributed by atoms with Crippen molar-refractivity contribution >= 4 is 5.97 Å². The van der Waals surface area contributed by atoms with Crippen molar-refractivity contribution in [3.05, 3.63) is 0 Å². The summed E-state index contributed by atoms with van der Waals surface area (Å²) in [5.41, 5.74) is 0.154. The molecule has 3 aliphatic carbocycles. The fraction of sp³-hybridized carbons (Fsp3) is 0.938. The molecule has 0 radical (unpaired) electrons. The summed E-state index contributed by atoms with van der Waals surface area (Å²) in [4.78, 5) is 10.9. The van der Waals surface area contributed by atoms with Gasteiger partial charge in [0, 0.05) is 6.42 Å². The lowest BCUT2D eigenvalue weighted by atomic mass is 9.55. The topological polar surface area (TPSA) is 57.5 Å². The van der Waals surface area contributed by atoms with Gasteiger partial charge in [-0.25, -0.2) is 0 Å². The largest absolute Gasteiger partial charge is 0.481 e. The molecule has 0 aromatic heterocycles. The first kappa shape index (κ1) is 13.4. The Morgan fingerprint density at radius 1 is 1.21 bits per heavy atom. The van der Waals surface area contributed by atoms with Crippen molar-refractivity contribution in [2.24, 2.45) is 29.1 Å². The minimum absolute atomic E-state index is 0.102. The fourth-order valence-electron chi connectivity index (χ4n) is 5.47. The first-order valence-electron chi connectivity index (χ1n) is 7.90. The Hall–Kier alpha value is -0.570. The molecule has 0 amide bonds. The van der Waals surface area contributed by atoms with E-state index in [1.165, 1.54) is 19.3 Å². The predicted molar refractivity (Wildman–Crippen MR) is 72.6 cm³/mol. The minimum atomic E-state index is -0.639. The smallest absolute Gasteiger partial charge is 0.303 e. The Morgan fingerprint density at radius 2 is 2.00 bits per heavy atom. The van der Waals surface area contributed by atoms with Gasteiger partial charge < -0.3 is 10.2 Å². The summed E-state index contributed by atoms with van der Waals surface area (Å²) in [5.74, 6) is 1.92. The highest BCUT2D eigenvalue weighted by Gasteiger charge is 2.54. The fourth-order valence-corrected chi connectivity index (χ4v) is 5.47. The Balaban J connectivity index is 1.69. The second-order valence-electron chi connectivity index (χ2n) is 7.45. The van der Waals surface area contributed by atoms with Gasteiger partial charge in [-0.1, -0.05) is 6.92 Å². The van der Waals surface area contributed by atoms with E-state index in [0.717, 1.165) is 37.5 Å². The molecule has 2 N–H and O–H groups in total. The van der Waals surface area contributed by atoms with Gasteiger partial charge in [-0.15, -0.1) is 0 Å². The number of aliphatic hydroxyl groups excluding tert-OH is 1. The molecule has 3 rings (SSSR count). The molecular weight excluding hydrogens is 240 g/mol. The first-order valence-corrected chi connectivity index (χ1v) is 7.90. The zero-order chi connectivity index (χ0) is 13.6. The quantitative estimate of drug-likeness (QED) is 0.807. The molecule has 19 heavy (non-hydrogen) atoms. The maximum absolute atomic E-state index is 10.9. The molecule has 6 atom stereocenters. The van der Waals surface area contributed by atoms with Gasteiger partial charge in [-0.2, -0.15) is 0 Å². The van der Waals surface area contributed by atoms with Crippen LogP contribution in [-0.2, 0) is 4.79 Å². The zero-order valence-electron chi connectivity index (χ0n) is 11.8. The number of hydrogen-bond donors (Lipinski definition) is 2. The molecule has 0 bridgehead atoms. The van der Waals surface area contributed by atoms with Crippen LogP contribution in [0.3, 0.4) is 0 Å². The van der Waals surface area contributed by atoms with Crippen molar-refractivity contribution in [3.8, 4) is 0 Å². The summed E-state index contributed by atoms with van der Waals surface area (Å²) < 4.78 is 0. The lowest BCUT2D eigenvalue weighted by molar-refractivity contribution is -0.139. The van der Waals surface area contributed by atoms with E-state index in [9.17, 15) is 9.90 Å². The van der Waals surface area contributed by atoms with E-state index in [1.807, 2.05) is 0 Å². The highest BCUT2D eigenvalue weighted by atomic mass is 16.4. The van der Waals surface area contributed by atoms with Crippen LogP contribution in [0.4, 0.5) is 0 Å². The SMILES string of the molecule is C[C@]12CC[C@@H]3C[C@H](CC(=O)O)CC[C@H]3[C@@H]1CC[C@@H]2O. The Kier molecular flexibility index (Phi) is 3.36. The molecule has 3 aliphatic rings. The van der Waals surface area contributed by atoms with Gasteiger partial charge in [-0.3, -0.25) is 4.79 Å². The normalized spacial score (nSPS) is 49.5. The number of rotatable bonds is 2. The number of aliphatic hydroxyl groups is 1. The second-order valence-corrected chi connectivity index (χ2v) is 7.45. The number of carbonyl (C=O) groups is 1. The Bertz CT molecular complexity index is 367. The van der Waals surface area contributed by atoms with Crippen molar-refractivity contribution in [1.82, 2.24) is 0 Å². The lowest BCUT2D eigenvalue weighted by Crippen LogP contribution is -2.45. The van der Waals surface area contributed by atoms with Gasteiger partial charge in [0.15, 0.2) is 0 Å². The van der Waals surface area contributed by atoms with Crippen LogP contribution in [0.25, 0.3) is 0 Å². The van der Waals surface area contributed by atoms with Crippen molar-refractivity contribution in [2.45, 2.75) is 64.4 Å². The van der Waals surface area contributed by atoms with Gasteiger partial charge in [0.1, 0.15) is 0 Å². The van der Waals surface area contributed by atoms with Crippen LogP contribution in [0.2, 0.25) is 0 Å². The lowest BCUT2D eigenvalue weighted by Gasteiger charge is -2.50. The van der Waals surface area contributed by atoms with Crippen LogP contribution in [0, 0.1) is 29.1 Å². The number of carboxylic acids is 1. The first-order chi connectivity index (χ1) is 9.00. The third-order valence-corrected chi connectivity index (χ3v) is 6.54. The monoisotopic (exact) mass is 266 g/mol. The predicted octanol–water partition coefficient (Wildman–Crippen LogP) is 3.06. The number of fused-ring (bicyclic) bond motifs is 3. The maximum Gasteiger partial charge on any atom is 0.303 e. The Labute approximate surface area is 115 Å². The molecule has 3 fully saturated rings. The highest BCUT2D eigenvalue weighted by Crippen LogP contribution is 2.59. The molecule has 108 valence electrons. The van der Waals surface area contributed by atoms with Crippen LogP contribution >= 0.6 is 0 Å². The summed E-state index contributed by atoms with van der Waals surface area (Å²) in [6.45, 7) is 2.29. The molecule has 3 saturated carbocycles. The van der Waals surface area contributed by atoms with Crippen LogP contribution in [0.15, 0.2) is 0 Å². The van der Waals surface area contributed by atoms with Gasteiger partial charge in [0.05, 0.1) is 6.10 Å². The molecule has 0 unspecified atom stereocenters. The molecule has 0 aromatic carbocycles. The van der Waals surface area contributed by atoms with Gasteiger partial charge in [0.2, 0.25) is 0 Å². The third-order valence-electron chi connectivity index (χ3n) is 6.54. The highest BCUT2D eigenvalue weighted by molar-refractivity contribution is 5.67. The average molecular weight is 266 g/mol. The molecule has 0 spiro atoms. The summed E-state index contributed by atoms with van der Waals surface area (Å²) in [6.07, 6.45) is 8.13. The molecule has 3 nitrogen and oxygen atoms in total. The van der Waals surface area contributed by atoms with E-state index in [2.05, 4.69) is 6.92 Å². The van der Waals surface area contributed by atoms with Crippen LogP contribution < -0.4 is 0 Å². The van der Waals surface area contributed by atoms with Crippen LogP contribution in [0.5, 0.6) is 0 Å². The summed E-state index contributed by atoms with van der Waals surface area (Å²) >= 11 is 0. The average Bonchev–Trinajstić information content (AvgIpc) is 2.65. The maximum atomic E-state index is 10.9. The number of aliphatic carboxylic acids is 1. The van der Waals surface area contributed by atoms with Crippen molar-refractivity contribution < 1.29 is 15.0 Å². The third kappa shape index (κ3) is 2.20. The van der Waals surface area contributed by atoms with Gasteiger partial charge >= 0.3 is 5.97 Å². The second kappa shape index (κ2) is 4.76. The van der Waals surface area contributed by atoms with E-state index in [4.69, 9.17) is 5.11 Å². The molecule has 0 heterocycles. The van der Waals surface area contributed by atoms with Gasteiger partial charge in [0.25, 0.3) is 0 Å². The zero-order valence-corrected chi connectivity index (χ0v) is 11.8. The van der Waals surface area contributed by atoms with E-state index in [0.29, 0.717) is 18.3 Å². The molecule has 0 aromatic rings. The van der Waals surface area contributed by atoms with Crippen molar-refractivity contribution in [2.75, 3.05) is 0 Å². The molecular formula is C16H26O3. The van der Waals surface area contributed by atoms with E-state index in [-0.39, 0.29) is 11.5 Å². The minimum Gasteiger partial charge on any atom is -0.481 e. The molecule has 3 heteroatoms. The Morgan fingerprint density at radius 3 is 2.74 bits per heavy atom. The number of carboxylic acid groups (broad SMARTS) is 1.